The highest BCUT2D eigenvalue weighted by Crippen LogP contribution is 2.32. The number of aryl methyl sites for hydroxylation is 2. The van der Waals surface area contributed by atoms with Crippen molar-refractivity contribution >= 4 is 23.2 Å². The van der Waals surface area contributed by atoms with Crippen molar-refractivity contribution in [3.63, 3.8) is 0 Å². The molecule has 2 aromatic carbocycles. The maximum Gasteiger partial charge on any atom is 0.299 e. The van der Waals surface area contributed by atoms with Gasteiger partial charge < -0.3 is 20.1 Å². The second-order valence-electron chi connectivity index (χ2n) is 6.78. The maximum absolute atomic E-state index is 6.03. The Morgan fingerprint density at radius 1 is 1.10 bits per heavy atom. The van der Waals surface area contributed by atoms with Gasteiger partial charge in [-0.3, -0.25) is 4.99 Å². The summed E-state index contributed by atoms with van der Waals surface area (Å²) in [5.41, 5.74) is 4.01. The van der Waals surface area contributed by atoms with Crippen LogP contribution in [0.2, 0.25) is 0 Å². The van der Waals surface area contributed by atoms with Gasteiger partial charge in [-0.2, -0.15) is 9.36 Å². The zero-order valence-electron chi connectivity index (χ0n) is 16.7. The Morgan fingerprint density at radius 3 is 2.66 bits per heavy atom. The Balaban J connectivity index is 1.50. The number of hydrogen-bond acceptors (Lipinski definition) is 8. The van der Waals surface area contributed by atoms with E-state index in [1.165, 1.54) is 11.5 Å². The summed E-state index contributed by atoms with van der Waals surface area (Å²) in [6, 6.07) is 11.7. The number of nitrogens with zero attached hydrogens (tertiary/aromatic N) is 3. The number of guanidine groups is 1. The maximum atomic E-state index is 6.03. The minimum Gasteiger partial charge on any atom is -0.497 e. The molecule has 4 rings (SSSR count). The predicted octanol–water partition coefficient (Wildman–Crippen LogP) is 4.38. The van der Waals surface area contributed by atoms with E-state index in [1.54, 1.807) is 7.11 Å². The molecule has 7 nitrogen and oxygen atoms in total. The van der Waals surface area contributed by atoms with Crippen LogP contribution >= 0.6 is 11.5 Å². The second kappa shape index (κ2) is 8.48. The van der Waals surface area contributed by atoms with Crippen LogP contribution in [0.4, 0.5) is 5.69 Å². The number of benzene rings is 2. The van der Waals surface area contributed by atoms with Gasteiger partial charge in [-0.1, -0.05) is 0 Å². The van der Waals surface area contributed by atoms with Gasteiger partial charge in [0.2, 0.25) is 0 Å². The van der Waals surface area contributed by atoms with Crippen molar-refractivity contribution in [2.75, 3.05) is 25.5 Å². The fourth-order valence-corrected chi connectivity index (χ4v) is 3.55. The molecule has 2 heterocycles. The van der Waals surface area contributed by atoms with E-state index in [9.17, 15) is 0 Å². The highest BCUT2D eigenvalue weighted by atomic mass is 32.1. The van der Waals surface area contributed by atoms with E-state index in [4.69, 9.17) is 9.47 Å². The Bertz CT molecular complexity index is 1030. The molecule has 0 radical (unpaired) electrons. The lowest BCUT2D eigenvalue weighted by Gasteiger charge is -2.18. The zero-order chi connectivity index (χ0) is 20.2. The van der Waals surface area contributed by atoms with Crippen molar-refractivity contribution in [2.24, 2.45) is 4.99 Å². The van der Waals surface area contributed by atoms with Crippen molar-refractivity contribution in [2.45, 2.75) is 20.3 Å². The standard InChI is InChI=1S/C21H23N5O2S/c1-13-12-18(14(2)11-17(13)24-20-22-9-4-10-23-20)28-21-25-19(26-29-21)15-5-7-16(27-3)8-6-15/h5-8,11-12H,4,9-10H2,1-3H3,(H2,22,23,24). The number of aliphatic imine (C=N–C) groups is 1. The van der Waals surface area contributed by atoms with E-state index in [1.807, 2.05) is 44.2 Å². The fourth-order valence-electron chi connectivity index (χ4n) is 2.98. The Kier molecular flexibility index (Phi) is 5.62. The van der Waals surface area contributed by atoms with Gasteiger partial charge in [0.1, 0.15) is 11.5 Å². The van der Waals surface area contributed by atoms with E-state index in [-0.39, 0.29) is 0 Å². The fraction of sp³-hybridized carbons (Fsp3) is 0.286. The van der Waals surface area contributed by atoms with Crippen molar-refractivity contribution in [3.8, 4) is 28.1 Å². The molecular weight excluding hydrogens is 386 g/mol. The number of aromatic nitrogens is 2. The van der Waals surface area contributed by atoms with Crippen LogP contribution in [-0.2, 0) is 0 Å². The number of nitrogens with one attached hydrogen (secondary N) is 2. The van der Waals surface area contributed by atoms with Crippen LogP contribution in [-0.4, -0.2) is 35.5 Å². The summed E-state index contributed by atoms with van der Waals surface area (Å²) < 4.78 is 15.6. The molecule has 3 aromatic rings. The SMILES string of the molecule is COc1ccc(-c2nsc(Oc3cc(C)c(NC4=NCCCN4)cc3C)n2)cc1. The van der Waals surface area contributed by atoms with Crippen LogP contribution in [0.25, 0.3) is 11.4 Å². The lowest BCUT2D eigenvalue weighted by Crippen LogP contribution is -2.35. The number of hydrogen-bond donors (Lipinski definition) is 2. The van der Waals surface area contributed by atoms with Crippen molar-refractivity contribution in [3.05, 3.63) is 47.5 Å². The van der Waals surface area contributed by atoms with Crippen molar-refractivity contribution in [1.82, 2.24) is 14.7 Å². The minimum atomic E-state index is 0.511. The zero-order valence-corrected chi connectivity index (χ0v) is 17.5. The average molecular weight is 410 g/mol. The monoisotopic (exact) mass is 409 g/mol. The summed E-state index contributed by atoms with van der Waals surface area (Å²) in [7, 11) is 1.65. The molecule has 0 unspecified atom stereocenters. The summed E-state index contributed by atoms with van der Waals surface area (Å²) in [5, 5.41) is 7.15. The van der Waals surface area contributed by atoms with Gasteiger partial charge in [0.05, 0.1) is 7.11 Å². The first-order valence-corrected chi connectivity index (χ1v) is 10.2. The van der Waals surface area contributed by atoms with Gasteiger partial charge in [0, 0.05) is 35.9 Å². The van der Waals surface area contributed by atoms with Crippen LogP contribution in [0, 0.1) is 13.8 Å². The van der Waals surface area contributed by atoms with E-state index in [0.717, 1.165) is 59.3 Å². The number of rotatable bonds is 5. The first-order chi connectivity index (χ1) is 14.1. The van der Waals surface area contributed by atoms with E-state index in [0.29, 0.717) is 11.0 Å². The van der Waals surface area contributed by atoms with E-state index >= 15 is 0 Å². The molecule has 2 N–H and O–H groups in total. The molecule has 0 bridgehead atoms. The topological polar surface area (TPSA) is 80.7 Å². The highest BCUT2D eigenvalue weighted by molar-refractivity contribution is 7.07. The number of methoxy groups -OCH3 is 1. The van der Waals surface area contributed by atoms with Gasteiger partial charge in [-0.25, -0.2) is 0 Å². The van der Waals surface area contributed by atoms with Crippen LogP contribution in [0.1, 0.15) is 17.5 Å². The molecule has 1 aromatic heterocycles. The third-order valence-corrected chi connectivity index (χ3v) is 5.22. The average Bonchev–Trinajstić information content (AvgIpc) is 3.21. The van der Waals surface area contributed by atoms with Gasteiger partial charge in [0.15, 0.2) is 11.8 Å². The molecule has 0 amide bonds. The molecule has 0 atom stereocenters. The van der Waals surface area contributed by atoms with Crippen molar-refractivity contribution < 1.29 is 9.47 Å². The quantitative estimate of drug-likeness (QED) is 0.651. The van der Waals surface area contributed by atoms with Crippen LogP contribution in [0.5, 0.6) is 16.7 Å². The molecule has 0 fully saturated rings. The smallest absolute Gasteiger partial charge is 0.299 e. The summed E-state index contributed by atoms with van der Waals surface area (Å²) in [6.45, 7) is 5.85. The molecular formula is C21H23N5O2S. The normalized spacial score (nSPS) is 13.4. The third-order valence-electron chi connectivity index (χ3n) is 4.63. The first kappa shape index (κ1) is 19.2. The molecule has 0 spiro atoms. The largest absolute Gasteiger partial charge is 0.497 e. The molecule has 8 heteroatoms. The van der Waals surface area contributed by atoms with Crippen molar-refractivity contribution in [1.29, 1.82) is 0 Å². The lowest BCUT2D eigenvalue weighted by atomic mass is 10.1. The Hall–Kier alpha value is -3.13. The summed E-state index contributed by atoms with van der Waals surface area (Å²) >= 11 is 1.24. The molecule has 150 valence electrons. The molecule has 0 saturated heterocycles. The van der Waals surface area contributed by atoms with Gasteiger partial charge in [0.25, 0.3) is 5.19 Å². The molecule has 1 aliphatic rings. The van der Waals surface area contributed by atoms with Gasteiger partial charge >= 0.3 is 0 Å². The predicted molar refractivity (Wildman–Crippen MR) is 116 cm³/mol. The van der Waals surface area contributed by atoms with E-state index in [2.05, 4.69) is 31.0 Å². The number of anilines is 1. The highest BCUT2D eigenvalue weighted by Gasteiger charge is 2.13. The van der Waals surface area contributed by atoms with E-state index < -0.39 is 0 Å². The molecule has 1 aliphatic heterocycles. The van der Waals surface area contributed by atoms with Crippen LogP contribution in [0.15, 0.2) is 41.4 Å². The Morgan fingerprint density at radius 2 is 1.93 bits per heavy atom. The van der Waals surface area contributed by atoms with Gasteiger partial charge in [-0.15, -0.1) is 0 Å². The molecule has 0 saturated carbocycles. The lowest BCUT2D eigenvalue weighted by molar-refractivity contribution is 0.415. The second-order valence-corrected chi connectivity index (χ2v) is 7.50. The minimum absolute atomic E-state index is 0.511. The van der Waals surface area contributed by atoms with Crippen LogP contribution < -0.4 is 20.1 Å². The summed E-state index contributed by atoms with van der Waals surface area (Å²) in [4.78, 5) is 8.98. The van der Waals surface area contributed by atoms with Gasteiger partial charge in [-0.05, 0) is 67.8 Å². The molecule has 0 aliphatic carbocycles. The Labute approximate surface area is 174 Å². The first-order valence-electron chi connectivity index (χ1n) is 9.45. The van der Waals surface area contributed by atoms with Crippen LogP contribution in [0.3, 0.4) is 0 Å². The summed E-state index contributed by atoms with van der Waals surface area (Å²) in [5.74, 6) is 3.03. The third kappa shape index (κ3) is 4.48. The summed E-state index contributed by atoms with van der Waals surface area (Å²) in [6.07, 6.45) is 1.07. The number of ether oxygens (including phenoxy) is 2. The molecule has 29 heavy (non-hydrogen) atoms.